The number of esters is 1. The maximum atomic E-state index is 12.8. The van der Waals surface area contributed by atoms with Gasteiger partial charge in [0.25, 0.3) is 0 Å². The molecular formula is C17H18Cl2N2O5S. The van der Waals surface area contributed by atoms with E-state index in [2.05, 4.69) is 5.32 Å². The molecule has 0 spiro atoms. The number of hydrogen-bond donors (Lipinski definition) is 1. The van der Waals surface area contributed by atoms with Crippen molar-refractivity contribution in [2.75, 3.05) is 18.6 Å². The van der Waals surface area contributed by atoms with Crippen molar-refractivity contribution in [3.8, 4) is 0 Å². The Labute approximate surface area is 167 Å². The van der Waals surface area contributed by atoms with Crippen LogP contribution >= 0.6 is 23.2 Å². The molecule has 2 heterocycles. The zero-order chi connectivity index (χ0) is 19.9. The zero-order valence-electron chi connectivity index (χ0n) is 14.7. The summed E-state index contributed by atoms with van der Waals surface area (Å²) in [5.41, 5.74) is 0.873. The summed E-state index contributed by atoms with van der Waals surface area (Å²) < 4.78 is 28.6. The number of ether oxygens (including phenoxy) is 1. The van der Waals surface area contributed by atoms with Crippen molar-refractivity contribution in [3.63, 3.8) is 0 Å². The molecule has 27 heavy (non-hydrogen) atoms. The van der Waals surface area contributed by atoms with Gasteiger partial charge >= 0.3 is 12.0 Å². The molecule has 0 bridgehead atoms. The lowest BCUT2D eigenvalue weighted by atomic mass is 9.94. The molecule has 0 aromatic heterocycles. The fourth-order valence-corrected chi connectivity index (χ4v) is 5.87. The molecule has 0 unspecified atom stereocenters. The number of amides is 2. The maximum absolute atomic E-state index is 12.8. The van der Waals surface area contributed by atoms with E-state index in [4.69, 9.17) is 27.9 Å². The van der Waals surface area contributed by atoms with Crippen LogP contribution in [0.25, 0.3) is 0 Å². The lowest BCUT2D eigenvalue weighted by molar-refractivity contribution is -0.136. The number of nitrogens with one attached hydrogen (secondary N) is 1. The van der Waals surface area contributed by atoms with Crippen molar-refractivity contribution in [2.45, 2.75) is 25.4 Å². The van der Waals surface area contributed by atoms with Gasteiger partial charge < -0.3 is 10.1 Å². The van der Waals surface area contributed by atoms with Gasteiger partial charge in [0, 0.05) is 21.3 Å². The Morgan fingerprint density at radius 1 is 1.30 bits per heavy atom. The highest BCUT2D eigenvalue weighted by atomic mass is 35.5. The van der Waals surface area contributed by atoms with Gasteiger partial charge in [-0.15, -0.1) is 0 Å². The predicted molar refractivity (Wildman–Crippen MR) is 101 cm³/mol. The van der Waals surface area contributed by atoms with Gasteiger partial charge in [-0.05, 0) is 25.5 Å². The van der Waals surface area contributed by atoms with Crippen LogP contribution in [0.2, 0.25) is 10.0 Å². The first-order chi connectivity index (χ1) is 12.7. The molecule has 1 fully saturated rings. The molecule has 0 saturated carbocycles. The summed E-state index contributed by atoms with van der Waals surface area (Å²) in [4.78, 5) is 26.6. The van der Waals surface area contributed by atoms with Crippen LogP contribution in [0.4, 0.5) is 4.79 Å². The van der Waals surface area contributed by atoms with Crippen molar-refractivity contribution in [2.24, 2.45) is 0 Å². The average Bonchev–Trinajstić information content (AvgIpc) is 2.93. The second-order valence-electron chi connectivity index (χ2n) is 6.44. The predicted octanol–water partition coefficient (Wildman–Crippen LogP) is 2.69. The summed E-state index contributed by atoms with van der Waals surface area (Å²) in [5, 5.41) is 3.31. The van der Waals surface area contributed by atoms with E-state index in [1.165, 1.54) is 12.0 Å². The van der Waals surface area contributed by atoms with Crippen LogP contribution in [0.3, 0.4) is 0 Å². The Hall–Kier alpha value is -1.77. The Kier molecular flexibility index (Phi) is 5.42. The zero-order valence-corrected chi connectivity index (χ0v) is 17.0. The number of nitrogens with zero attached hydrogens (tertiary/aromatic N) is 1. The van der Waals surface area contributed by atoms with Gasteiger partial charge in [0.05, 0.1) is 36.3 Å². The molecule has 2 amide bonds. The smallest absolute Gasteiger partial charge is 0.337 e. The number of halogens is 2. The number of urea groups is 1. The molecule has 1 saturated heterocycles. The third-order valence-electron chi connectivity index (χ3n) is 4.79. The molecule has 0 aliphatic carbocycles. The normalized spacial score (nSPS) is 24.7. The van der Waals surface area contributed by atoms with E-state index < -0.39 is 33.9 Å². The molecular weight excluding hydrogens is 415 g/mol. The summed E-state index contributed by atoms with van der Waals surface area (Å²) in [6, 6.07) is 2.91. The van der Waals surface area contributed by atoms with Gasteiger partial charge in [-0.3, -0.25) is 4.90 Å². The van der Waals surface area contributed by atoms with E-state index in [9.17, 15) is 18.0 Å². The number of sulfone groups is 1. The number of carbonyl (C=O) groups excluding carboxylic acids is 2. The van der Waals surface area contributed by atoms with Gasteiger partial charge in [-0.1, -0.05) is 29.3 Å². The van der Waals surface area contributed by atoms with Gasteiger partial charge in [-0.2, -0.15) is 0 Å². The quantitative estimate of drug-likeness (QED) is 0.740. The van der Waals surface area contributed by atoms with Crippen molar-refractivity contribution in [1.82, 2.24) is 10.2 Å². The summed E-state index contributed by atoms with van der Waals surface area (Å²) >= 11 is 12.5. The molecule has 2 atom stereocenters. The standard InChI is InChI=1S/C17H18Cl2N2O5S/c1-9-13(16(22)26-2)15(14-11(18)4-3-5-12(14)19)20-17(23)21(9)10-6-7-27(24,25)8-10/h3-5,10,15H,6-8H2,1-2H3,(H,20,23)/t10-,15-/m1/s1. The number of allylic oxidation sites excluding steroid dienone is 1. The van der Waals surface area contributed by atoms with Crippen LogP contribution < -0.4 is 5.32 Å². The van der Waals surface area contributed by atoms with Gasteiger partial charge in [0.15, 0.2) is 9.84 Å². The highest BCUT2D eigenvalue weighted by molar-refractivity contribution is 7.91. The Bertz CT molecular complexity index is 924. The first-order valence-electron chi connectivity index (χ1n) is 8.19. The Morgan fingerprint density at radius 2 is 1.93 bits per heavy atom. The van der Waals surface area contributed by atoms with Crippen LogP contribution in [0, 0.1) is 0 Å². The number of rotatable bonds is 3. The summed E-state index contributed by atoms with van der Waals surface area (Å²) in [6.07, 6.45) is 0.305. The van der Waals surface area contributed by atoms with Gasteiger partial charge in [0.1, 0.15) is 0 Å². The highest BCUT2D eigenvalue weighted by Gasteiger charge is 2.43. The molecule has 3 rings (SSSR count). The van der Waals surface area contributed by atoms with Crippen molar-refractivity contribution < 1.29 is 22.7 Å². The van der Waals surface area contributed by atoms with E-state index in [1.54, 1.807) is 25.1 Å². The fourth-order valence-electron chi connectivity index (χ4n) is 3.55. The van der Waals surface area contributed by atoms with E-state index in [1.807, 2.05) is 0 Å². The first kappa shape index (κ1) is 20.0. The van der Waals surface area contributed by atoms with Gasteiger partial charge in [0.2, 0.25) is 0 Å². The highest BCUT2D eigenvalue weighted by Crippen LogP contribution is 2.39. The van der Waals surface area contributed by atoms with Crippen LogP contribution in [-0.2, 0) is 19.4 Å². The van der Waals surface area contributed by atoms with E-state index in [-0.39, 0.29) is 17.1 Å². The van der Waals surface area contributed by atoms with Gasteiger partial charge in [-0.25, -0.2) is 18.0 Å². The summed E-state index contributed by atoms with van der Waals surface area (Å²) in [6.45, 7) is 1.59. The lowest BCUT2D eigenvalue weighted by Crippen LogP contribution is -2.52. The minimum atomic E-state index is -3.22. The number of carbonyl (C=O) groups is 2. The molecule has 146 valence electrons. The Morgan fingerprint density at radius 3 is 2.44 bits per heavy atom. The van der Waals surface area contributed by atoms with E-state index in [0.29, 0.717) is 27.7 Å². The monoisotopic (exact) mass is 432 g/mol. The molecule has 7 nitrogen and oxygen atoms in total. The SMILES string of the molecule is COC(=O)C1=C(C)N([C@@H]2CCS(=O)(=O)C2)C(=O)N[C@H]1c1c(Cl)cccc1Cl. The molecule has 2 aliphatic rings. The minimum absolute atomic E-state index is 0.00204. The second-order valence-corrected chi connectivity index (χ2v) is 9.48. The van der Waals surface area contributed by atoms with Crippen molar-refractivity contribution in [3.05, 3.63) is 45.1 Å². The third-order valence-corrected chi connectivity index (χ3v) is 7.20. The van der Waals surface area contributed by atoms with E-state index in [0.717, 1.165) is 0 Å². The van der Waals surface area contributed by atoms with E-state index >= 15 is 0 Å². The van der Waals surface area contributed by atoms with Crippen LogP contribution in [0.5, 0.6) is 0 Å². The van der Waals surface area contributed by atoms with Crippen LogP contribution in [-0.4, -0.2) is 50.0 Å². The average molecular weight is 433 g/mol. The molecule has 10 heteroatoms. The molecule has 0 radical (unpaired) electrons. The largest absolute Gasteiger partial charge is 0.466 e. The fraction of sp³-hybridized carbons (Fsp3) is 0.412. The second kappa shape index (κ2) is 7.33. The lowest BCUT2D eigenvalue weighted by Gasteiger charge is -2.38. The Balaban J connectivity index is 2.13. The molecule has 2 aliphatic heterocycles. The van der Waals surface area contributed by atoms with Crippen molar-refractivity contribution >= 4 is 45.0 Å². The summed E-state index contributed by atoms with van der Waals surface area (Å²) in [5.74, 6) is -0.800. The number of benzene rings is 1. The number of hydrogen-bond acceptors (Lipinski definition) is 5. The number of methoxy groups -OCH3 is 1. The van der Waals surface area contributed by atoms with Crippen molar-refractivity contribution in [1.29, 1.82) is 0 Å². The van der Waals surface area contributed by atoms with Crippen LogP contribution in [0.15, 0.2) is 29.5 Å². The maximum Gasteiger partial charge on any atom is 0.337 e. The summed E-state index contributed by atoms with van der Waals surface area (Å²) in [7, 11) is -1.99. The minimum Gasteiger partial charge on any atom is -0.466 e. The van der Waals surface area contributed by atoms with Crippen LogP contribution in [0.1, 0.15) is 24.9 Å². The molecule has 1 aromatic rings. The topological polar surface area (TPSA) is 92.8 Å². The third kappa shape index (κ3) is 3.66. The first-order valence-corrected chi connectivity index (χ1v) is 10.8. The molecule has 1 N–H and O–H groups in total. The molecule has 1 aromatic carbocycles.